The molecule has 100 valence electrons. The van der Waals surface area contributed by atoms with Gasteiger partial charge in [-0.05, 0) is 19.4 Å². The lowest BCUT2D eigenvalue weighted by atomic mass is 10.3. The van der Waals surface area contributed by atoms with Crippen LogP contribution in [0.25, 0.3) is 0 Å². The highest BCUT2D eigenvalue weighted by Crippen LogP contribution is 2.14. The molecule has 0 saturated carbocycles. The molecule has 5 nitrogen and oxygen atoms in total. The lowest BCUT2D eigenvalue weighted by molar-refractivity contribution is 0.323. The number of aromatic nitrogens is 1. The van der Waals surface area contributed by atoms with Gasteiger partial charge in [-0.1, -0.05) is 19.4 Å². The quantitative estimate of drug-likeness (QED) is 0.439. The maximum atomic E-state index is 5.76. The molecule has 0 aromatic carbocycles. The Balaban J connectivity index is 2.53. The standard InChI is InChI=1S/C13H22N4O/c1-3-5-8-16-13(14)17-10-11-7-6-9-15-12(11)18-4-2/h6-7,9H,3-5,8,10H2,1-2H3,(H3,14,16,17). The monoisotopic (exact) mass is 250 g/mol. The van der Waals surface area contributed by atoms with Crippen LogP contribution in [0, 0.1) is 0 Å². The zero-order valence-electron chi connectivity index (χ0n) is 11.1. The third kappa shape index (κ3) is 5.03. The number of nitrogens with one attached hydrogen (secondary N) is 1. The molecule has 0 radical (unpaired) electrons. The van der Waals surface area contributed by atoms with E-state index < -0.39 is 0 Å². The van der Waals surface area contributed by atoms with Gasteiger partial charge in [0.15, 0.2) is 5.96 Å². The van der Waals surface area contributed by atoms with Crippen LogP contribution in [0.4, 0.5) is 0 Å². The summed E-state index contributed by atoms with van der Waals surface area (Å²) in [6, 6.07) is 3.81. The minimum Gasteiger partial charge on any atom is -0.478 e. The van der Waals surface area contributed by atoms with E-state index in [-0.39, 0.29) is 0 Å². The fraction of sp³-hybridized carbons (Fsp3) is 0.538. The Labute approximate surface area is 108 Å². The van der Waals surface area contributed by atoms with Crippen LogP contribution < -0.4 is 15.8 Å². The van der Waals surface area contributed by atoms with Gasteiger partial charge in [0.05, 0.1) is 13.2 Å². The first-order chi connectivity index (χ1) is 8.77. The molecule has 1 heterocycles. The second-order valence-corrected chi connectivity index (χ2v) is 3.88. The van der Waals surface area contributed by atoms with E-state index in [1.807, 2.05) is 19.1 Å². The summed E-state index contributed by atoms with van der Waals surface area (Å²) in [6.45, 7) is 6.00. The zero-order valence-corrected chi connectivity index (χ0v) is 11.1. The van der Waals surface area contributed by atoms with E-state index in [1.54, 1.807) is 6.20 Å². The van der Waals surface area contributed by atoms with Crippen molar-refractivity contribution < 1.29 is 4.74 Å². The van der Waals surface area contributed by atoms with Crippen LogP contribution in [0.3, 0.4) is 0 Å². The van der Waals surface area contributed by atoms with Crippen molar-refractivity contribution in [3.63, 3.8) is 0 Å². The first-order valence-electron chi connectivity index (χ1n) is 6.38. The van der Waals surface area contributed by atoms with Crippen molar-refractivity contribution in [2.24, 2.45) is 10.7 Å². The minimum atomic E-state index is 0.467. The van der Waals surface area contributed by atoms with Gasteiger partial charge in [0.25, 0.3) is 0 Å². The molecule has 0 saturated heterocycles. The van der Waals surface area contributed by atoms with Crippen molar-refractivity contribution >= 4 is 5.96 Å². The van der Waals surface area contributed by atoms with Gasteiger partial charge in [-0.15, -0.1) is 0 Å². The number of hydrogen-bond donors (Lipinski definition) is 2. The Hall–Kier alpha value is -1.78. The second kappa shape index (κ2) is 8.33. The molecule has 0 aliphatic heterocycles. The molecule has 18 heavy (non-hydrogen) atoms. The van der Waals surface area contributed by atoms with Crippen molar-refractivity contribution in [1.82, 2.24) is 10.3 Å². The summed E-state index contributed by atoms with van der Waals surface area (Å²) in [5, 5.41) is 3.07. The smallest absolute Gasteiger partial charge is 0.218 e. The Morgan fingerprint density at radius 1 is 1.50 bits per heavy atom. The molecule has 1 rings (SSSR count). The predicted molar refractivity (Wildman–Crippen MR) is 73.6 cm³/mol. The molecule has 0 aliphatic carbocycles. The topological polar surface area (TPSA) is 72.5 Å². The lowest BCUT2D eigenvalue weighted by Gasteiger charge is -2.07. The molecular weight excluding hydrogens is 228 g/mol. The summed E-state index contributed by atoms with van der Waals surface area (Å²) in [4.78, 5) is 8.44. The lowest BCUT2D eigenvalue weighted by Crippen LogP contribution is -2.32. The van der Waals surface area contributed by atoms with Gasteiger partial charge in [0, 0.05) is 18.3 Å². The van der Waals surface area contributed by atoms with Crippen LogP contribution in [0.15, 0.2) is 23.3 Å². The maximum Gasteiger partial charge on any atom is 0.218 e. The van der Waals surface area contributed by atoms with Crippen LogP contribution in [-0.4, -0.2) is 24.1 Å². The summed E-state index contributed by atoms with van der Waals surface area (Å²) in [5.74, 6) is 1.10. The first-order valence-corrected chi connectivity index (χ1v) is 6.38. The number of rotatable bonds is 7. The molecule has 0 fully saturated rings. The predicted octanol–water partition coefficient (Wildman–Crippen LogP) is 1.68. The second-order valence-electron chi connectivity index (χ2n) is 3.88. The summed E-state index contributed by atoms with van der Waals surface area (Å²) >= 11 is 0. The highest BCUT2D eigenvalue weighted by atomic mass is 16.5. The van der Waals surface area contributed by atoms with Gasteiger partial charge in [-0.25, -0.2) is 9.98 Å². The number of guanidine groups is 1. The van der Waals surface area contributed by atoms with E-state index >= 15 is 0 Å². The summed E-state index contributed by atoms with van der Waals surface area (Å²) in [5.41, 5.74) is 6.71. The molecule has 0 aliphatic rings. The van der Waals surface area contributed by atoms with Gasteiger partial charge < -0.3 is 15.8 Å². The Bertz CT molecular complexity index is 379. The number of pyridine rings is 1. The van der Waals surface area contributed by atoms with Crippen molar-refractivity contribution in [2.45, 2.75) is 33.2 Å². The third-order valence-corrected chi connectivity index (χ3v) is 2.39. The SMILES string of the molecule is CCCCNC(N)=NCc1cccnc1OCC. The van der Waals surface area contributed by atoms with Gasteiger partial charge in [0.1, 0.15) is 0 Å². The minimum absolute atomic E-state index is 0.467. The zero-order chi connectivity index (χ0) is 13.2. The van der Waals surface area contributed by atoms with Crippen LogP contribution in [0.1, 0.15) is 32.3 Å². The molecule has 1 aromatic heterocycles. The van der Waals surface area contributed by atoms with Gasteiger partial charge in [-0.2, -0.15) is 0 Å². The highest BCUT2D eigenvalue weighted by molar-refractivity contribution is 5.77. The van der Waals surface area contributed by atoms with Crippen LogP contribution >= 0.6 is 0 Å². The van der Waals surface area contributed by atoms with E-state index in [0.29, 0.717) is 25.0 Å². The van der Waals surface area contributed by atoms with Crippen LogP contribution in [0.2, 0.25) is 0 Å². The number of hydrogen-bond acceptors (Lipinski definition) is 3. The number of ether oxygens (including phenoxy) is 1. The fourth-order valence-electron chi connectivity index (χ4n) is 1.43. The molecule has 0 spiro atoms. The van der Waals surface area contributed by atoms with Gasteiger partial charge >= 0.3 is 0 Å². The average Bonchev–Trinajstić information content (AvgIpc) is 2.38. The van der Waals surface area contributed by atoms with E-state index in [9.17, 15) is 0 Å². The highest BCUT2D eigenvalue weighted by Gasteiger charge is 2.03. The average molecular weight is 250 g/mol. The maximum absolute atomic E-state index is 5.76. The first kappa shape index (κ1) is 14.3. The van der Waals surface area contributed by atoms with Crippen LogP contribution in [0.5, 0.6) is 5.88 Å². The Kier molecular flexibility index (Phi) is 6.61. The molecule has 0 atom stereocenters. The van der Waals surface area contributed by atoms with E-state index in [0.717, 1.165) is 24.9 Å². The summed E-state index contributed by atoms with van der Waals surface area (Å²) in [6.07, 6.45) is 3.94. The molecule has 0 bridgehead atoms. The van der Waals surface area contributed by atoms with E-state index in [1.165, 1.54) is 0 Å². The fourth-order valence-corrected chi connectivity index (χ4v) is 1.43. The van der Waals surface area contributed by atoms with Crippen molar-refractivity contribution in [3.8, 4) is 5.88 Å². The molecular formula is C13H22N4O. The van der Waals surface area contributed by atoms with Crippen molar-refractivity contribution in [3.05, 3.63) is 23.9 Å². The molecule has 3 N–H and O–H groups in total. The van der Waals surface area contributed by atoms with E-state index in [2.05, 4.69) is 22.2 Å². The third-order valence-electron chi connectivity index (χ3n) is 2.39. The van der Waals surface area contributed by atoms with Crippen molar-refractivity contribution in [1.29, 1.82) is 0 Å². The molecule has 0 unspecified atom stereocenters. The normalized spacial score (nSPS) is 11.3. The molecule has 5 heteroatoms. The van der Waals surface area contributed by atoms with Gasteiger partial charge in [0.2, 0.25) is 5.88 Å². The summed E-state index contributed by atoms with van der Waals surface area (Å²) in [7, 11) is 0. The van der Waals surface area contributed by atoms with Crippen molar-refractivity contribution in [2.75, 3.05) is 13.2 Å². The largest absolute Gasteiger partial charge is 0.478 e. The molecule has 1 aromatic rings. The summed E-state index contributed by atoms with van der Waals surface area (Å²) < 4.78 is 5.43. The van der Waals surface area contributed by atoms with Gasteiger partial charge in [-0.3, -0.25) is 0 Å². The molecule has 0 amide bonds. The number of aliphatic imine (C=N–C) groups is 1. The number of nitrogens with two attached hydrogens (primary N) is 1. The number of nitrogens with zero attached hydrogens (tertiary/aromatic N) is 2. The van der Waals surface area contributed by atoms with E-state index in [4.69, 9.17) is 10.5 Å². The number of unbranched alkanes of at least 4 members (excludes halogenated alkanes) is 1. The van der Waals surface area contributed by atoms with Crippen LogP contribution in [-0.2, 0) is 6.54 Å². The Morgan fingerprint density at radius 2 is 2.33 bits per heavy atom. The Morgan fingerprint density at radius 3 is 3.06 bits per heavy atom.